The number of aromatic nitrogens is 1. The minimum absolute atomic E-state index is 0.0505. The first-order valence-corrected chi connectivity index (χ1v) is 10.4. The van der Waals surface area contributed by atoms with Crippen LogP contribution in [0.4, 0.5) is 0 Å². The molecule has 0 radical (unpaired) electrons. The normalized spacial score (nSPS) is 19.2. The number of amides is 1. The molecule has 1 heterocycles. The van der Waals surface area contributed by atoms with E-state index in [-0.39, 0.29) is 18.1 Å². The van der Waals surface area contributed by atoms with Gasteiger partial charge in [0.1, 0.15) is 5.01 Å². The number of rotatable bonds is 7. The maximum atomic E-state index is 12.1. The lowest BCUT2D eigenvalue weighted by atomic mass is 9.83. The van der Waals surface area contributed by atoms with Gasteiger partial charge in [-0.15, -0.1) is 11.3 Å². The Labute approximate surface area is 169 Å². The lowest BCUT2D eigenvalue weighted by molar-refractivity contribution is -0.123. The molecule has 1 saturated carbocycles. The monoisotopic (exact) mass is 402 g/mol. The Morgan fingerprint density at radius 1 is 1.21 bits per heavy atom. The number of carboxylic acid groups (broad SMARTS) is 1. The highest BCUT2D eigenvalue weighted by atomic mass is 32.1. The summed E-state index contributed by atoms with van der Waals surface area (Å²) < 4.78 is 5.61. The highest BCUT2D eigenvalue weighted by Gasteiger charge is 2.19. The molecule has 0 bridgehead atoms. The van der Waals surface area contributed by atoms with Gasteiger partial charge in [0, 0.05) is 12.1 Å². The Morgan fingerprint density at radius 2 is 1.89 bits per heavy atom. The summed E-state index contributed by atoms with van der Waals surface area (Å²) in [4.78, 5) is 28.4. The smallest absolute Gasteiger partial charge is 0.335 e. The van der Waals surface area contributed by atoms with Crippen molar-refractivity contribution in [3.8, 4) is 16.5 Å². The Bertz CT molecular complexity index is 823. The zero-order valence-electron chi connectivity index (χ0n) is 16.2. The van der Waals surface area contributed by atoms with Crippen LogP contribution in [0.1, 0.15) is 47.8 Å². The van der Waals surface area contributed by atoms with Gasteiger partial charge < -0.3 is 15.2 Å². The molecule has 28 heavy (non-hydrogen) atoms. The van der Waals surface area contributed by atoms with Gasteiger partial charge in [0.05, 0.1) is 10.4 Å². The first-order valence-electron chi connectivity index (χ1n) is 9.63. The van der Waals surface area contributed by atoms with E-state index in [1.165, 1.54) is 37.0 Å². The van der Waals surface area contributed by atoms with Gasteiger partial charge in [-0.1, -0.05) is 31.9 Å². The van der Waals surface area contributed by atoms with E-state index in [0.29, 0.717) is 18.3 Å². The van der Waals surface area contributed by atoms with E-state index in [9.17, 15) is 9.59 Å². The van der Waals surface area contributed by atoms with Gasteiger partial charge in [-0.2, -0.15) is 0 Å². The van der Waals surface area contributed by atoms with Crippen molar-refractivity contribution in [2.75, 3.05) is 13.2 Å². The van der Waals surface area contributed by atoms with Crippen molar-refractivity contribution in [3.63, 3.8) is 0 Å². The zero-order valence-corrected chi connectivity index (χ0v) is 17.1. The number of benzene rings is 1. The predicted octanol–water partition coefficient (Wildman–Crippen LogP) is 4.14. The molecular formula is C21H26N2O4S. The molecule has 2 aromatic rings. The molecule has 150 valence electrons. The number of carboxylic acids is 1. The molecule has 0 spiro atoms. The summed E-state index contributed by atoms with van der Waals surface area (Å²) in [5.74, 6) is 0.737. The van der Waals surface area contributed by atoms with Crippen molar-refractivity contribution in [1.29, 1.82) is 0 Å². The fraction of sp³-hybridized carbons (Fsp3) is 0.476. The third-order valence-electron chi connectivity index (χ3n) is 5.20. The number of aromatic carboxylic acids is 1. The largest absolute Gasteiger partial charge is 0.478 e. The topological polar surface area (TPSA) is 88.5 Å². The molecular weight excluding hydrogens is 376 g/mol. The lowest BCUT2D eigenvalue weighted by Gasteiger charge is -2.26. The third kappa shape index (κ3) is 5.32. The van der Waals surface area contributed by atoms with E-state index < -0.39 is 5.97 Å². The van der Waals surface area contributed by atoms with Crippen LogP contribution in [0.15, 0.2) is 24.3 Å². The van der Waals surface area contributed by atoms with Gasteiger partial charge in [0.25, 0.3) is 5.91 Å². The molecule has 1 aromatic heterocycles. The van der Waals surface area contributed by atoms with E-state index in [2.05, 4.69) is 17.2 Å². The molecule has 1 aliphatic rings. The van der Waals surface area contributed by atoms with Gasteiger partial charge >= 0.3 is 5.97 Å². The standard InChI is InChI=1S/C21H26N2O4S/c1-13-3-5-15(6-4-13)11-22-18(24)12-27-19-14(2)28-20(23-19)16-7-9-17(10-8-16)21(25)26/h7-10,13,15H,3-6,11-12H2,1-2H3,(H,22,24)(H,25,26). The number of aryl methyl sites for hydroxylation is 1. The van der Waals surface area contributed by atoms with Gasteiger partial charge in [-0.3, -0.25) is 4.79 Å². The summed E-state index contributed by atoms with van der Waals surface area (Å²) in [7, 11) is 0. The zero-order chi connectivity index (χ0) is 20.1. The van der Waals surface area contributed by atoms with Crippen molar-refractivity contribution in [2.45, 2.75) is 39.5 Å². The van der Waals surface area contributed by atoms with Crippen LogP contribution in [0.2, 0.25) is 0 Å². The number of thiazole rings is 1. The van der Waals surface area contributed by atoms with Crippen LogP contribution in [0.25, 0.3) is 10.6 Å². The molecule has 1 amide bonds. The Hall–Kier alpha value is -2.41. The summed E-state index contributed by atoms with van der Waals surface area (Å²) >= 11 is 1.45. The van der Waals surface area contributed by atoms with Crippen LogP contribution >= 0.6 is 11.3 Å². The number of hydrogen-bond donors (Lipinski definition) is 2. The van der Waals surface area contributed by atoms with E-state index in [0.717, 1.165) is 21.4 Å². The van der Waals surface area contributed by atoms with Crippen molar-refractivity contribution in [2.24, 2.45) is 11.8 Å². The summed E-state index contributed by atoms with van der Waals surface area (Å²) in [6, 6.07) is 6.55. The average molecular weight is 403 g/mol. The second-order valence-electron chi connectivity index (χ2n) is 7.48. The van der Waals surface area contributed by atoms with E-state index in [1.807, 2.05) is 6.92 Å². The first-order chi connectivity index (χ1) is 13.4. The Kier molecular flexibility index (Phi) is 6.67. The maximum Gasteiger partial charge on any atom is 0.335 e. The fourth-order valence-electron chi connectivity index (χ4n) is 3.37. The lowest BCUT2D eigenvalue weighted by Crippen LogP contribution is -2.34. The molecule has 3 rings (SSSR count). The van der Waals surface area contributed by atoms with Crippen molar-refractivity contribution in [1.82, 2.24) is 10.3 Å². The fourth-order valence-corrected chi connectivity index (χ4v) is 4.24. The maximum absolute atomic E-state index is 12.1. The van der Waals surface area contributed by atoms with E-state index >= 15 is 0 Å². The number of carbonyl (C=O) groups is 2. The van der Waals surface area contributed by atoms with Crippen LogP contribution in [0, 0.1) is 18.8 Å². The molecule has 2 N–H and O–H groups in total. The number of nitrogens with zero attached hydrogens (tertiary/aromatic N) is 1. The molecule has 1 fully saturated rings. The van der Waals surface area contributed by atoms with E-state index in [1.54, 1.807) is 24.3 Å². The predicted molar refractivity (Wildman–Crippen MR) is 109 cm³/mol. The van der Waals surface area contributed by atoms with Crippen LogP contribution in [-0.2, 0) is 4.79 Å². The SMILES string of the molecule is Cc1sc(-c2ccc(C(=O)O)cc2)nc1OCC(=O)NCC1CCC(C)CC1. The quantitative estimate of drug-likeness (QED) is 0.727. The Balaban J connectivity index is 1.50. The number of hydrogen-bond acceptors (Lipinski definition) is 5. The second-order valence-corrected chi connectivity index (χ2v) is 8.68. The van der Waals surface area contributed by atoms with Gasteiger partial charge in [0.15, 0.2) is 6.61 Å². The van der Waals surface area contributed by atoms with Crippen LogP contribution in [-0.4, -0.2) is 35.1 Å². The van der Waals surface area contributed by atoms with Crippen LogP contribution in [0.3, 0.4) is 0 Å². The van der Waals surface area contributed by atoms with Crippen LogP contribution in [0.5, 0.6) is 5.88 Å². The summed E-state index contributed by atoms with van der Waals surface area (Å²) in [6.45, 7) is 4.84. The molecule has 0 aliphatic heterocycles. The van der Waals surface area contributed by atoms with Crippen molar-refractivity contribution >= 4 is 23.2 Å². The molecule has 1 aromatic carbocycles. The molecule has 6 nitrogen and oxygen atoms in total. The molecule has 1 aliphatic carbocycles. The summed E-state index contributed by atoms with van der Waals surface area (Å²) in [6.07, 6.45) is 4.84. The van der Waals surface area contributed by atoms with Crippen LogP contribution < -0.4 is 10.1 Å². The van der Waals surface area contributed by atoms with Gasteiger partial charge in [-0.05, 0) is 43.7 Å². The number of nitrogens with one attached hydrogen (secondary N) is 1. The third-order valence-corrected chi connectivity index (χ3v) is 6.20. The number of ether oxygens (including phenoxy) is 1. The van der Waals surface area contributed by atoms with Gasteiger partial charge in [-0.25, -0.2) is 9.78 Å². The molecule has 0 unspecified atom stereocenters. The first kappa shape index (κ1) is 20.3. The summed E-state index contributed by atoms with van der Waals surface area (Å²) in [5.41, 5.74) is 1.06. The van der Waals surface area contributed by atoms with Crippen molar-refractivity contribution in [3.05, 3.63) is 34.7 Å². The highest BCUT2D eigenvalue weighted by molar-refractivity contribution is 7.15. The van der Waals surface area contributed by atoms with Gasteiger partial charge in [0.2, 0.25) is 5.88 Å². The highest BCUT2D eigenvalue weighted by Crippen LogP contribution is 2.32. The van der Waals surface area contributed by atoms with E-state index in [4.69, 9.17) is 9.84 Å². The average Bonchev–Trinajstić information content (AvgIpc) is 3.06. The minimum Gasteiger partial charge on any atom is -0.478 e. The Morgan fingerprint density at radius 3 is 2.54 bits per heavy atom. The molecule has 7 heteroatoms. The summed E-state index contributed by atoms with van der Waals surface area (Å²) in [5, 5.41) is 12.7. The number of carbonyl (C=O) groups excluding carboxylic acids is 1. The second kappa shape index (κ2) is 9.19. The minimum atomic E-state index is -0.959. The van der Waals surface area contributed by atoms with Crippen molar-refractivity contribution < 1.29 is 19.4 Å². The molecule has 0 saturated heterocycles. The molecule has 0 atom stereocenters.